The molecule has 0 atom stereocenters. The molecule has 6 nitrogen and oxygen atoms in total. The van der Waals surface area contributed by atoms with Gasteiger partial charge in [0.25, 0.3) is 5.91 Å². The molecule has 0 radical (unpaired) electrons. The minimum Gasteiger partial charge on any atom is -0.365 e. The first kappa shape index (κ1) is 14.4. The van der Waals surface area contributed by atoms with Crippen molar-refractivity contribution in [1.82, 2.24) is 15.0 Å². The molecule has 1 amide bonds. The lowest BCUT2D eigenvalue weighted by Crippen LogP contribution is -2.31. The summed E-state index contributed by atoms with van der Waals surface area (Å²) in [7, 11) is 0. The lowest BCUT2D eigenvalue weighted by Gasteiger charge is -2.28. The van der Waals surface area contributed by atoms with Gasteiger partial charge in [-0.05, 0) is 36.3 Å². The van der Waals surface area contributed by atoms with E-state index in [1.807, 2.05) is 12.3 Å². The van der Waals surface area contributed by atoms with Crippen LogP contribution in [0.5, 0.6) is 0 Å². The Bertz CT molecular complexity index is 943. The Balaban J connectivity index is 1.63. The number of H-pyrrole nitrogens is 1. The standard InChI is InChI=1S/C18H17N5O/c19-16(24)14-4-2-8-21-18(14)23-9-5-12(6-10-23)15-11-22-17-13(15)3-1-7-20-17/h1-5,7-8,11H,6,9-10H2,(H2,19,24)(H,20,22). The van der Waals surface area contributed by atoms with E-state index in [0.29, 0.717) is 17.9 Å². The number of amides is 1. The second-order valence-electron chi connectivity index (χ2n) is 5.77. The van der Waals surface area contributed by atoms with Gasteiger partial charge in [0.15, 0.2) is 0 Å². The molecule has 120 valence electrons. The molecule has 0 saturated carbocycles. The molecule has 0 bridgehead atoms. The highest BCUT2D eigenvalue weighted by Crippen LogP contribution is 2.30. The Morgan fingerprint density at radius 2 is 2.04 bits per heavy atom. The highest BCUT2D eigenvalue weighted by atomic mass is 16.1. The predicted molar refractivity (Wildman–Crippen MR) is 93.7 cm³/mol. The van der Waals surface area contributed by atoms with Crippen molar-refractivity contribution in [2.24, 2.45) is 5.73 Å². The molecule has 1 aliphatic heterocycles. The summed E-state index contributed by atoms with van der Waals surface area (Å²) in [6.07, 6.45) is 8.53. The average molecular weight is 319 g/mol. The highest BCUT2D eigenvalue weighted by Gasteiger charge is 2.20. The largest absolute Gasteiger partial charge is 0.365 e. The third-order valence-corrected chi connectivity index (χ3v) is 4.36. The van der Waals surface area contributed by atoms with E-state index in [0.717, 1.165) is 24.0 Å². The zero-order valence-corrected chi connectivity index (χ0v) is 13.1. The molecular formula is C18H17N5O. The first-order valence-corrected chi connectivity index (χ1v) is 7.85. The van der Waals surface area contributed by atoms with E-state index in [1.165, 1.54) is 11.1 Å². The van der Waals surface area contributed by atoms with E-state index in [4.69, 9.17) is 5.73 Å². The maximum absolute atomic E-state index is 11.6. The molecule has 0 aliphatic carbocycles. The molecule has 4 heterocycles. The quantitative estimate of drug-likeness (QED) is 0.775. The Morgan fingerprint density at radius 3 is 2.83 bits per heavy atom. The van der Waals surface area contributed by atoms with Gasteiger partial charge in [0, 0.05) is 42.6 Å². The topological polar surface area (TPSA) is 87.9 Å². The van der Waals surface area contributed by atoms with Crippen LogP contribution in [0, 0.1) is 0 Å². The lowest BCUT2D eigenvalue weighted by molar-refractivity contribution is 0.100. The molecule has 0 spiro atoms. The number of anilines is 1. The van der Waals surface area contributed by atoms with Gasteiger partial charge in [-0.15, -0.1) is 0 Å². The third-order valence-electron chi connectivity index (χ3n) is 4.36. The number of aromatic nitrogens is 3. The number of carbonyl (C=O) groups is 1. The number of primary amides is 1. The van der Waals surface area contributed by atoms with Gasteiger partial charge in [-0.25, -0.2) is 9.97 Å². The van der Waals surface area contributed by atoms with Gasteiger partial charge in [0.05, 0.1) is 5.56 Å². The molecule has 3 aromatic rings. The molecule has 3 N–H and O–H groups in total. The first-order chi connectivity index (χ1) is 11.7. The van der Waals surface area contributed by atoms with Crippen molar-refractivity contribution in [3.8, 4) is 0 Å². The van der Waals surface area contributed by atoms with Crippen LogP contribution in [0.2, 0.25) is 0 Å². The number of pyridine rings is 2. The monoisotopic (exact) mass is 319 g/mol. The summed E-state index contributed by atoms with van der Waals surface area (Å²) in [6.45, 7) is 1.48. The molecule has 0 unspecified atom stereocenters. The molecule has 3 aromatic heterocycles. The van der Waals surface area contributed by atoms with Crippen molar-refractivity contribution in [2.45, 2.75) is 6.42 Å². The van der Waals surface area contributed by atoms with Crippen LogP contribution in [0.1, 0.15) is 22.3 Å². The van der Waals surface area contributed by atoms with E-state index in [-0.39, 0.29) is 0 Å². The molecule has 0 saturated heterocycles. The maximum Gasteiger partial charge on any atom is 0.252 e. The molecule has 4 rings (SSSR count). The van der Waals surface area contributed by atoms with Crippen molar-refractivity contribution in [3.05, 3.63) is 60.1 Å². The van der Waals surface area contributed by atoms with E-state index in [1.54, 1.807) is 24.5 Å². The van der Waals surface area contributed by atoms with Gasteiger partial charge < -0.3 is 15.6 Å². The fourth-order valence-electron chi connectivity index (χ4n) is 3.17. The van der Waals surface area contributed by atoms with Crippen LogP contribution >= 0.6 is 0 Å². The average Bonchev–Trinajstić information content (AvgIpc) is 3.06. The zero-order chi connectivity index (χ0) is 16.5. The normalized spacial score (nSPS) is 14.7. The van der Waals surface area contributed by atoms with Crippen LogP contribution in [0.15, 0.2) is 48.9 Å². The summed E-state index contributed by atoms with van der Waals surface area (Å²) in [4.78, 5) is 25.6. The highest BCUT2D eigenvalue weighted by molar-refractivity contribution is 5.98. The second-order valence-corrected chi connectivity index (χ2v) is 5.77. The number of nitrogens with two attached hydrogens (primary N) is 1. The molecule has 1 aliphatic rings. The van der Waals surface area contributed by atoms with Crippen LogP contribution in [0.25, 0.3) is 16.6 Å². The van der Waals surface area contributed by atoms with Crippen LogP contribution in [0.3, 0.4) is 0 Å². The third kappa shape index (κ3) is 2.42. The van der Waals surface area contributed by atoms with Gasteiger partial charge in [0.2, 0.25) is 0 Å². The molecular weight excluding hydrogens is 302 g/mol. The van der Waals surface area contributed by atoms with Crippen molar-refractivity contribution < 1.29 is 4.79 Å². The van der Waals surface area contributed by atoms with Crippen LogP contribution < -0.4 is 10.6 Å². The van der Waals surface area contributed by atoms with Gasteiger partial charge >= 0.3 is 0 Å². The number of nitrogens with one attached hydrogen (secondary N) is 1. The van der Waals surface area contributed by atoms with Crippen LogP contribution in [0.4, 0.5) is 5.82 Å². The number of aromatic amines is 1. The number of fused-ring (bicyclic) bond motifs is 1. The number of rotatable bonds is 3. The fourth-order valence-corrected chi connectivity index (χ4v) is 3.17. The lowest BCUT2D eigenvalue weighted by atomic mass is 9.99. The maximum atomic E-state index is 11.6. The van der Waals surface area contributed by atoms with Gasteiger partial charge in [0.1, 0.15) is 11.5 Å². The fraction of sp³-hybridized carbons (Fsp3) is 0.167. The summed E-state index contributed by atoms with van der Waals surface area (Å²) >= 11 is 0. The van der Waals surface area contributed by atoms with Crippen LogP contribution in [-0.4, -0.2) is 33.9 Å². The summed E-state index contributed by atoms with van der Waals surface area (Å²) in [5, 5.41) is 1.13. The Morgan fingerprint density at radius 1 is 1.21 bits per heavy atom. The predicted octanol–water partition coefficient (Wildman–Crippen LogP) is 2.35. The van der Waals surface area contributed by atoms with Crippen molar-refractivity contribution >= 4 is 28.3 Å². The summed E-state index contributed by atoms with van der Waals surface area (Å²) < 4.78 is 0. The number of hydrogen-bond acceptors (Lipinski definition) is 4. The SMILES string of the molecule is NC(=O)c1cccnc1N1CC=C(c2c[nH]c3ncccc23)CC1. The molecule has 6 heteroatoms. The first-order valence-electron chi connectivity index (χ1n) is 7.85. The Hall–Kier alpha value is -3.15. The Labute approximate surface area is 139 Å². The van der Waals surface area contributed by atoms with Gasteiger partial charge in [-0.2, -0.15) is 0 Å². The molecule has 0 fully saturated rings. The number of carbonyl (C=O) groups excluding carboxylic acids is 1. The minimum atomic E-state index is -0.449. The molecule has 24 heavy (non-hydrogen) atoms. The Kier molecular flexibility index (Phi) is 3.49. The summed E-state index contributed by atoms with van der Waals surface area (Å²) in [5.41, 5.74) is 9.29. The van der Waals surface area contributed by atoms with Crippen molar-refractivity contribution in [3.63, 3.8) is 0 Å². The van der Waals surface area contributed by atoms with Gasteiger partial charge in [-0.1, -0.05) is 6.08 Å². The van der Waals surface area contributed by atoms with Crippen LogP contribution in [-0.2, 0) is 0 Å². The summed E-state index contributed by atoms with van der Waals surface area (Å²) in [5.74, 6) is 0.205. The smallest absolute Gasteiger partial charge is 0.252 e. The van der Waals surface area contributed by atoms with Gasteiger partial charge in [-0.3, -0.25) is 4.79 Å². The van der Waals surface area contributed by atoms with E-state index in [2.05, 4.69) is 32.0 Å². The van der Waals surface area contributed by atoms with Crippen molar-refractivity contribution in [2.75, 3.05) is 18.0 Å². The summed E-state index contributed by atoms with van der Waals surface area (Å²) in [6, 6.07) is 7.47. The number of hydrogen-bond donors (Lipinski definition) is 2. The number of nitrogens with zero attached hydrogens (tertiary/aromatic N) is 3. The zero-order valence-electron chi connectivity index (χ0n) is 13.1. The minimum absolute atomic E-state index is 0.449. The van der Waals surface area contributed by atoms with Crippen molar-refractivity contribution in [1.29, 1.82) is 0 Å². The van der Waals surface area contributed by atoms with E-state index in [9.17, 15) is 4.79 Å². The van der Waals surface area contributed by atoms with E-state index >= 15 is 0 Å². The second kappa shape index (κ2) is 5.81. The molecule has 0 aromatic carbocycles. The van der Waals surface area contributed by atoms with E-state index < -0.39 is 5.91 Å².